The normalized spacial score (nSPS) is 12.5. The summed E-state index contributed by atoms with van der Waals surface area (Å²) < 4.78 is 16.8. The molecule has 0 radical (unpaired) electrons. The monoisotopic (exact) mass is 923 g/mol. The quantitative estimate of drug-likeness (QED) is 0.0262. The number of esters is 3. The molecule has 6 heteroatoms. The van der Waals surface area contributed by atoms with Gasteiger partial charge >= 0.3 is 17.9 Å². The van der Waals surface area contributed by atoms with Crippen molar-refractivity contribution in [3.63, 3.8) is 0 Å². The molecule has 0 saturated heterocycles. The lowest BCUT2D eigenvalue weighted by molar-refractivity contribution is -0.167. The van der Waals surface area contributed by atoms with Gasteiger partial charge in [-0.3, -0.25) is 14.4 Å². The minimum absolute atomic E-state index is 0.0885. The van der Waals surface area contributed by atoms with Gasteiger partial charge in [-0.2, -0.15) is 0 Å². The molecule has 0 rings (SSSR count). The molecule has 0 aromatic carbocycles. The number of hydrogen-bond acceptors (Lipinski definition) is 6. The zero-order chi connectivity index (χ0) is 47.9. The van der Waals surface area contributed by atoms with Crippen molar-refractivity contribution in [3.05, 3.63) is 60.8 Å². The van der Waals surface area contributed by atoms with Gasteiger partial charge in [0.15, 0.2) is 6.10 Å². The Morgan fingerprint density at radius 1 is 0.318 bits per heavy atom. The molecule has 1 atom stereocenters. The molecule has 0 spiro atoms. The zero-order valence-electron chi connectivity index (χ0n) is 43.7. The second kappa shape index (κ2) is 54.7. The summed E-state index contributed by atoms with van der Waals surface area (Å²) >= 11 is 0. The number of carbonyl (C=O) groups is 3. The summed E-state index contributed by atoms with van der Waals surface area (Å²) in [5.74, 6) is -0.924. The fourth-order valence-electron chi connectivity index (χ4n) is 8.03. The van der Waals surface area contributed by atoms with Crippen LogP contribution in [0.3, 0.4) is 0 Å². The topological polar surface area (TPSA) is 78.9 Å². The maximum atomic E-state index is 12.8. The van der Waals surface area contributed by atoms with Crippen LogP contribution in [0, 0.1) is 0 Å². The van der Waals surface area contributed by atoms with Crippen molar-refractivity contribution in [1.82, 2.24) is 0 Å². The summed E-state index contributed by atoms with van der Waals surface area (Å²) in [6.07, 6.45) is 68.0. The van der Waals surface area contributed by atoms with Crippen molar-refractivity contribution in [2.75, 3.05) is 13.2 Å². The van der Waals surface area contributed by atoms with Crippen molar-refractivity contribution >= 4 is 17.9 Å². The predicted molar refractivity (Wildman–Crippen MR) is 284 cm³/mol. The van der Waals surface area contributed by atoms with Crippen LogP contribution in [0.5, 0.6) is 0 Å². The second-order valence-corrected chi connectivity index (χ2v) is 18.8. The second-order valence-electron chi connectivity index (χ2n) is 18.8. The van der Waals surface area contributed by atoms with Crippen LogP contribution < -0.4 is 0 Å². The van der Waals surface area contributed by atoms with Gasteiger partial charge in [-0.05, 0) is 77.0 Å². The smallest absolute Gasteiger partial charge is 0.306 e. The third-order valence-electron chi connectivity index (χ3n) is 12.2. The molecule has 66 heavy (non-hydrogen) atoms. The Balaban J connectivity index is 4.29. The Morgan fingerprint density at radius 3 is 1.00 bits per heavy atom. The third kappa shape index (κ3) is 52.1. The van der Waals surface area contributed by atoms with Gasteiger partial charge in [0.2, 0.25) is 0 Å². The van der Waals surface area contributed by atoms with Gasteiger partial charge in [-0.1, -0.05) is 248 Å². The van der Waals surface area contributed by atoms with Crippen LogP contribution in [-0.2, 0) is 28.6 Å². The van der Waals surface area contributed by atoms with Crippen molar-refractivity contribution in [1.29, 1.82) is 0 Å². The van der Waals surface area contributed by atoms with E-state index in [2.05, 4.69) is 81.5 Å². The molecule has 1 unspecified atom stereocenters. The SMILES string of the molecule is CC/C=C\C/C=C\C/C=C\CCCCCC(=O)OC(COC(=O)CCCCCCC/C=C\C/C=C\CCC)COC(=O)CCCCCCCCCCCCCCCCCCCCCCCC. The maximum Gasteiger partial charge on any atom is 0.306 e. The molecule has 0 heterocycles. The van der Waals surface area contributed by atoms with E-state index in [1.807, 2.05) is 0 Å². The molecule has 0 N–H and O–H groups in total. The van der Waals surface area contributed by atoms with Crippen molar-refractivity contribution in [3.8, 4) is 0 Å². The number of rotatable bonds is 51. The van der Waals surface area contributed by atoms with E-state index in [9.17, 15) is 14.4 Å². The lowest BCUT2D eigenvalue weighted by Crippen LogP contribution is -2.30. The number of carbonyl (C=O) groups excluding carboxylic acids is 3. The van der Waals surface area contributed by atoms with Gasteiger partial charge in [0.1, 0.15) is 13.2 Å². The molecule has 0 aliphatic heterocycles. The summed E-state index contributed by atoms with van der Waals surface area (Å²) in [5.41, 5.74) is 0. The number of ether oxygens (including phenoxy) is 3. The van der Waals surface area contributed by atoms with Gasteiger partial charge in [0, 0.05) is 19.3 Å². The van der Waals surface area contributed by atoms with E-state index in [1.54, 1.807) is 0 Å². The molecular formula is C60H106O6. The highest BCUT2D eigenvalue weighted by Crippen LogP contribution is 2.16. The first-order valence-corrected chi connectivity index (χ1v) is 28.3. The molecule has 0 saturated carbocycles. The van der Waals surface area contributed by atoms with E-state index >= 15 is 0 Å². The first-order chi connectivity index (χ1) is 32.5. The summed E-state index contributed by atoms with van der Waals surface area (Å²) in [4.78, 5) is 38.0. The van der Waals surface area contributed by atoms with Crippen LogP contribution in [0.15, 0.2) is 60.8 Å². The average molecular weight is 924 g/mol. The van der Waals surface area contributed by atoms with E-state index in [0.29, 0.717) is 19.3 Å². The van der Waals surface area contributed by atoms with Gasteiger partial charge in [0.25, 0.3) is 0 Å². The minimum Gasteiger partial charge on any atom is -0.462 e. The van der Waals surface area contributed by atoms with Crippen LogP contribution in [0.4, 0.5) is 0 Å². The summed E-state index contributed by atoms with van der Waals surface area (Å²) in [6, 6.07) is 0. The lowest BCUT2D eigenvalue weighted by atomic mass is 10.0. The standard InChI is InChI=1S/C60H106O6/c1-4-7-10-13-16-19-22-25-26-27-28-29-30-31-32-33-36-38-41-44-47-50-53-59(62)65-56-57(66-60(63)54-51-48-45-42-39-35-24-21-18-15-12-9-6-3)55-64-58(61)52-49-46-43-40-37-34-23-20-17-14-11-8-5-2/h9,11-12,14,18,20-21,23,35,39,57H,4-8,10,13,15-17,19,22,24-34,36-38,40-56H2,1-3H3/b12-9-,14-11-,21-18-,23-20-,39-35-. The van der Waals surface area contributed by atoms with Gasteiger partial charge < -0.3 is 14.2 Å². The fraction of sp³-hybridized carbons (Fsp3) is 0.783. The zero-order valence-corrected chi connectivity index (χ0v) is 43.7. The molecule has 0 bridgehead atoms. The molecule has 0 aliphatic rings. The molecular weight excluding hydrogens is 817 g/mol. The Bertz CT molecular complexity index is 1200. The Hall–Kier alpha value is -2.89. The predicted octanol–water partition coefficient (Wildman–Crippen LogP) is 18.8. The van der Waals surface area contributed by atoms with Crippen LogP contribution >= 0.6 is 0 Å². The molecule has 0 aliphatic carbocycles. The van der Waals surface area contributed by atoms with Crippen LogP contribution in [0.25, 0.3) is 0 Å². The Labute approximate surface area is 409 Å². The maximum absolute atomic E-state index is 12.8. The first-order valence-electron chi connectivity index (χ1n) is 28.3. The Kier molecular flexibility index (Phi) is 52.3. The summed E-state index contributed by atoms with van der Waals surface area (Å²) in [6.45, 7) is 6.45. The van der Waals surface area contributed by atoms with E-state index < -0.39 is 6.10 Å². The summed E-state index contributed by atoms with van der Waals surface area (Å²) in [7, 11) is 0. The highest BCUT2D eigenvalue weighted by Gasteiger charge is 2.19. The highest BCUT2D eigenvalue weighted by molar-refractivity contribution is 5.71. The van der Waals surface area contributed by atoms with E-state index in [0.717, 1.165) is 116 Å². The third-order valence-corrected chi connectivity index (χ3v) is 12.2. The molecule has 6 nitrogen and oxygen atoms in total. The van der Waals surface area contributed by atoms with Crippen molar-refractivity contribution < 1.29 is 28.6 Å². The van der Waals surface area contributed by atoms with Crippen molar-refractivity contribution in [2.45, 2.75) is 290 Å². The molecule has 0 fully saturated rings. The molecule has 0 aromatic rings. The minimum atomic E-state index is -0.793. The molecule has 382 valence electrons. The highest BCUT2D eigenvalue weighted by atomic mass is 16.6. The van der Waals surface area contributed by atoms with Crippen LogP contribution in [0.1, 0.15) is 284 Å². The molecule has 0 aromatic heterocycles. The fourth-order valence-corrected chi connectivity index (χ4v) is 8.03. The largest absolute Gasteiger partial charge is 0.462 e. The van der Waals surface area contributed by atoms with Gasteiger partial charge in [-0.25, -0.2) is 0 Å². The first kappa shape index (κ1) is 63.1. The van der Waals surface area contributed by atoms with E-state index in [4.69, 9.17) is 14.2 Å². The van der Waals surface area contributed by atoms with Gasteiger partial charge in [-0.15, -0.1) is 0 Å². The van der Waals surface area contributed by atoms with Crippen molar-refractivity contribution in [2.24, 2.45) is 0 Å². The number of allylic oxidation sites excluding steroid dienone is 10. The molecule has 0 amide bonds. The van der Waals surface area contributed by atoms with E-state index in [1.165, 1.54) is 128 Å². The Morgan fingerprint density at radius 2 is 0.621 bits per heavy atom. The number of unbranched alkanes of at least 4 members (excludes halogenated alkanes) is 30. The van der Waals surface area contributed by atoms with Crippen LogP contribution in [0.2, 0.25) is 0 Å². The lowest BCUT2D eigenvalue weighted by Gasteiger charge is -2.18. The average Bonchev–Trinajstić information content (AvgIpc) is 3.31. The van der Waals surface area contributed by atoms with E-state index in [-0.39, 0.29) is 31.1 Å². The summed E-state index contributed by atoms with van der Waals surface area (Å²) in [5, 5.41) is 0. The van der Waals surface area contributed by atoms with Gasteiger partial charge in [0.05, 0.1) is 0 Å². The number of hydrogen-bond donors (Lipinski definition) is 0. The van der Waals surface area contributed by atoms with Crippen LogP contribution in [-0.4, -0.2) is 37.2 Å².